The van der Waals surface area contributed by atoms with Gasteiger partial charge in [-0.25, -0.2) is 0 Å². The Morgan fingerprint density at radius 3 is 2.50 bits per heavy atom. The van der Waals surface area contributed by atoms with Crippen LogP contribution in [-0.2, 0) is 0 Å². The van der Waals surface area contributed by atoms with Crippen molar-refractivity contribution in [3.63, 3.8) is 0 Å². The molecule has 18 heavy (non-hydrogen) atoms. The van der Waals surface area contributed by atoms with E-state index in [-0.39, 0.29) is 5.91 Å². The van der Waals surface area contributed by atoms with Crippen LogP contribution in [0.3, 0.4) is 0 Å². The first-order chi connectivity index (χ1) is 8.68. The normalized spacial score (nSPS) is 16.6. The highest BCUT2D eigenvalue weighted by Gasteiger charge is 2.17. The summed E-state index contributed by atoms with van der Waals surface area (Å²) in [7, 11) is 0. The molecule has 0 spiro atoms. The Kier molecular flexibility index (Phi) is 4.87. The van der Waals surface area contributed by atoms with Crippen LogP contribution in [0.5, 0.6) is 0 Å². The smallest absolute Gasteiger partial charge is 0.254 e. The number of piperidine rings is 1. The zero-order valence-corrected chi connectivity index (χ0v) is 11.5. The van der Waals surface area contributed by atoms with E-state index in [1.165, 1.54) is 0 Å². The van der Waals surface area contributed by atoms with Gasteiger partial charge in [0.2, 0.25) is 0 Å². The zero-order chi connectivity index (χ0) is 13.0. The molecule has 1 aromatic rings. The van der Waals surface area contributed by atoms with Gasteiger partial charge >= 0.3 is 0 Å². The van der Waals surface area contributed by atoms with Crippen LogP contribution in [0, 0.1) is 5.92 Å². The second-order valence-corrected chi connectivity index (χ2v) is 5.31. The standard InChI is InChI=1S/C13H16Cl2N2O/c14-10-2-1-3-11(15)12(10)13(18)17-8-9-4-6-16-7-5-9/h1-3,9,16H,4-8H2,(H,17,18). The number of hydrogen-bond donors (Lipinski definition) is 2. The van der Waals surface area contributed by atoms with Gasteiger partial charge in [-0.3, -0.25) is 4.79 Å². The topological polar surface area (TPSA) is 41.1 Å². The number of benzene rings is 1. The van der Waals surface area contributed by atoms with E-state index in [4.69, 9.17) is 23.2 Å². The van der Waals surface area contributed by atoms with Crippen LogP contribution in [0.1, 0.15) is 23.2 Å². The van der Waals surface area contributed by atoms with Crippen molar-refractivity contribution in [3.8, 4) is 0 Å². The van der Waals surface area contributed by atoms with Gasteiger partial charge in [-0.05, 0) is 44.0 Å². The Hall–Kier alpha value is -0.770. The number of carbonyl (C=O) groups excluding carboxylic acids is 1. The summed E-state index contributed by atoms with van der Waals surface area (Å²) in [6, 6.07) is 5.08. The lowest BCUT2D eigenvalue weighted by molar-refractivity contribution is 0.0944. The van der Waals surface area contributed by atoms with Crippen molar-refractivity contribution in [3.05, 3.63) is 33.8 Å². The lowest BCUT2D eigenvalue weighted by Gasteiger charge is -2.22. The molecule has 2 N–H and O–H groups in total. The Balaban J connectivity index is 1.95. The van der Waals surface area contributed by atoms with Gasteiger partial charge in [0.25, 0.3) is 5.91 Å². The van der Waals surface area contributed by atoms with Gasteiger partial charge in [0.05, 0.1) is 15.6 Å². The molecule has 1 amide bonds. The molecule has 0 saturated carbocycles. The first-order valence-corrected chi connectivity index (χ1v) is 6.87. The predicted molar refractivity (Wildman–Crippen MR) is 74.4 cm³/mol. The molecular formula is C13H16Cl2N2O. The van der Waals surface area contributed by atoms with Crippen molar-refractivity contribution in [1.82, 2.24) is 10.6 Å². The van der Waals surface area contributed by atoms with Crippen LogP contribution < -0.4 is 10.6 Å². The first kappa shape index (κ1) is 13.7. The molecule has 1 aliphatic rings. The summed E-state index contributed by atoms with van der Waals surface area (Å²) in [5, 5.41) is 7.00. The van der Waals surface area contributed by atoms with E-state index >= 15 is 0 Å². The van der Waals surface area contributed by atoms with Crippen LogP contribution in [0.15, 0.2) is 18.2 Å². The Morgan fingerprint density at radius 1 is 1.28 bits per heavy atom. The number of nitrogens with one attached hydrogen (secondary N) is 2. The first-order valence-electron chi connectivity index (χ1n) is 6.11. The van der Waals surface area contributed by atoms with Crippen molar-refractivity contribution >= 4 is 29.1 Å². The molecule has 0 aliphatic carbocycles. The van der Waals surface area contributed by atoms with Crippen molar-refractivity contribution in [2.24, 2.45) is 5.92 Å². The van der Waals surface area contributed by atoms with E-state index in [0.29, 0.717) is 28.1 Å². The van der Waals surface area contributed by atoms with Crippen LogP contribution >= 0.6 is 23.2 Å². The molecular weight excluding hydrogens is 271 g/mol. The summed E-state index contributed by atoms with van der Waals surface area (Å²) in [6.07, 6.45) is 2.19. The summed E-state index contributed by atoms with van der Waals surface area (Å²) in [4.78, 5) is 12.0. The van der Waals surface area contributed by atoms with Crippen LogP contribution in [0.25, 0.3) is 0 Å². The fourth-order valence-electron chi connectivity index (χ4n) is 2.13. The van der Waals surface area contributed by atoms with Crippen molar-refractivity contribution in [1.29, 1.82) is 0 Å². The maximum absolute atomic E-state index is 12.0. The van der Waals surface area contributed by atoms with E-state index in [0.717, 1.165) is 25.9 Å². The van der Waals surface area contributed by atoms with Crippen LogP contribution in [-0.4, -0.2) is 25.5 Å². The molecule has 0 unspecified atom stereocenters. The summed E-state index contributed by atoms with van der Waals surface area (Å²) < 4.78 is 0. The second-order valence-electron chi connectivity index (χ2n) is 4.50. The fraction of sp³-hybridized carbons (Fsp3) is 0.462. The minimum Gasteiger partial charge on any atom is -0.352 e. The number of halogens is 2. The van der Waals surface area contributed by atoms with E-state index in [9.17, 15) is 4.79 Å². The number of amides is 1. The highest BCUT2D eigenvalue weighted by atomic mass is 35.5. The van der Waals surface area contributed by atoms with Gasteiger partial charge in [-0.15, -0.1) is 0 Å². The second kappa shape index (κ2) is 6.41. The van der Waals surface area contributed by atoms with Crippen molar-refractivity contribution < 1.29 is 4.79 Å². The molecule has 1 aromatic carbocycles. The van der Waals surface area contributed by atoms with E-state index in [1.54, 1.807) is 18.2 Å². The zero-order valence-electron chi connectivity index (χ0n) is 10.0. The molecule has 1 fully saturated rings. The molecule has 0 radical (unpaired) electrons. The summed E-state index contributed by atoms with van der Waals surface area (Å²) in [6.45, 7) is 2.73. The molecule has 98 valence electrons. The molecule has 0 bridgehead atoms. The Morgan fingerprint density at radius 2 is 1.89 bits per heavy atom. The third-order valence-corrected chi connectivity index (χ3v) is 3.83. The van der Waals surface area contributed by atoms with Crippen LogP contribution in [0.4, 0.5) is 0 Å². The lowest BCUT2D eigenvalue weighted by Crippen LogP contribution is -2.36. The van der Waals surface area contributed by atoms with Crippen molar-refractivity contribution in [2.45, 2.75) is 12.8 Å². The van der Waals surface area contributed by atoms with Gasteiger partial charge in [0, 0.05) is 6.54 Å². The molecule has 5 heteroatoms. The molecule has 3 nitrogen and oxygen atoms in total. The Labute approximate surface area is 117 Å². The lowest BCUT2D eigenvalue weighted by atomic mass is 9.98. The fourth-order valence-corrected chi connectivity index (χ4v) is 2.70. The summed E-state index contributed by atoms with van der Waals surface area (Å²) in [5.74, 6) is 0.348. The maximum atomic E-state index is 12.0. The van der Waals surface area contributed by atoms with Crippen LogP contribution in [0.2, 0.25) is 10.0 Å². The molecule has 1 heterocycles. The third kappa shape index (κ3) is 3.37. The molecule has 0 aromatic heterocycles. The van der Waals surface area contributed by atoms with Gasteiger partial charge in [0.1, 0.15) is 0 Å². The van der Waals surface area contributed by atoms with E-state index in [2.05, 4.69) is 10.6 Å². The monoisotopic (exact) mass is 286 g/mol. The highest BCUT2D eigenvalue weighted by Crippen LogP contribution is 2.24. The summed E-state index contributed by atoms with van der Waals surface area (Å²) in [5.41, 5.74) is 0.370. The maximum Gasteiger partial charge on any atom is 0.254 e. The minimum absolute atomic E-state index is 0.191. The molecule has 0 atom stereocenters. The van der Waals surface area contributed by atoms with Gasteiger partial charge in [0.15, 0.2) is 0 Å². The predicted octanol–water partition coefficient (Wildman–Crippen LogP) is 2.72. The number of carbonyl (C=O) groups is 1. The van der Waals surface area contributed by atoms with E-state index in [1.807, 2.05) is 0 Å². The average molecular weight is 287 g/mol. The SMILES string of the molecule is O=C(NCC1CCNCC1)c1c(Cl)cccc1Cl. The third-order valence-electron chi connectivity index (χ3n) is 3.20. The largest absolute Gasteiger partial charge is 0.352 e. The summed E-state index contributed by atoms with van der Waals surface area (Å²) >= 11 is 12.0. The molecule has 1 aliphatic heterocycles. The average Bonchev–Trinajstić information content (AvgIpc) is 2.37. The van der Waals surface area contributed by atoms with Gasteiger partial charge in [-0.1, -0.05) is 29.3 Å². The molecule has 1 saturated heterocycles. The highest BCUT2D eigenvalue weighted by molar-refractivity contribution is 6.39. The number of rotatable bonds is 3. The van der Waals surface area contributed by atoms with E-state index < -0.39 is 0 Å². The van der Waals surface area contributed by atoms with Gasteiger partial charge in [-0.2, -0.15) is 0 Å². The molecule has 2 rings (SSSR count). The Bertz CT molecular complexity index is 411. The quantitative estimate of drug-likeness (QED) is 0.897. The van der Waals surface area contributed by atoms with Crippen molar-refractivity contribution in [2.75, 3.05) is 19.6 Å². The number of hydrogen-bond acceptors (Lipinski definition) is 2. The minimum atomic E-state index is -0.191. The van der Waals surface area contributed by atoms with Gasteiger partial charge < -0.3 is 10.6 Å².